The van der Waals surface area contributed by atoms with E-state index in [0.29, 0.717) is 24.7 Å². The van der Waals surface area contributed by atoms with Gasteiger partial charge in [0.25, 0.3) is 5.91 Å². The van der Waals surface area contributed by atoms with Crippen LogP contribution in [0.4, 0.5) is 0 Å². The molecule has 0 saturated carbocycles. The van der Waals surface area contributed by atoms with E-state index in [-0.39, 0.29) is 29.9 Å². The topological polar surface area (TPSA) is 76.1 Å². The second-order valence-corrected chi connectivity index (χ2v) is 5.19. The van der Waals surface area contributed by atoms with E-state index in [2.05, 4.69) is 0 Å². The summed E-state index contributed by atoms with van der Waals surface area (Å²) in [5.41, 5.74) is -0.0254. The molecule has 1 unspecified atom stereocenters. The van der Waals surface area contributed by atoms with Crippen LogP contribution < -0.4 is 4.74 Å². The molecule has 1 amide bonds. The van der Waals surface area contributed by atoms with Crippen molar-refractivity contribution in [3.8, 4) is 5.75 Å². The Morgan fingerprint density at radius 1 is 1.52 bits per heavy atom. The van der Waals surface area contributed by atoms with Crippen molar-refractivity contribution >= 4 is 23.5 Å². The van der Waals surface area contributed by atoms with Gasteiger partial charge in [0, 0.05) is 18.1 Å². The molecule has 0 spiro atoms. The largest absolute Gasteiger partial charge is 0.483 e. The Hall–Kier alpha value is -1.79. The fourth-order valence-corrected chi connectivity index (χ4v) is 2.23. The monoisotopic (exact) mass is 313 g/mol. The molecule has 0 aliphatic carbocycles. The second-order valence-electron chi connectivity index (χ2n) is 4.76. The van der Waals surface area contributed by atoms with Crippen molar-refractivity contribution in [2.75, 3.05) is 26.3 Å². The Morgan fingerprint density at radius 3 is 2.95 bits per heavy atom. The highest BCUT2D eigenvalue weighted by atomic mass is 35.5. The van der Waals surface area contributed by atoms with Gasteiger partial charge >= 0.3 is 5.97 Å². The SMILES string of the molecule is CC1CN(C(=O)COc2cc(Cl)ccc2C(=O)O)CCO1. The van der Waals surface area contributed by atoms with Crippen LogP contribution in [0.1, 0.15) is 17.3 Å². The number of hydrogen-bond donors (Lipinski definition) is 1. The van der Waals surface area contributed by atoms with Crippen LogP contribution in [0, 0.1) is 0 Å². The molecular weight excluding hydrogens is 298 g/mol. The van der Waals surface area contributed by atoms with Gasteiger partial charge < -0.3 is 19.5 Å². The lowest BCUT2D eigenvalue weighted by Gasteiger charge is -2.31. The van der Waals surface area contributed by atoms with Crippen molar-refractivity contribution in [1.29, 1.82) is 0 Å². The Kier molecular flexibility index (Phi) is 5.03. The summed E-state index contributed by atoms with van der Waals surface area (Å²) < 4.78 is 10.7. The number of carbonyl (C=O) groups excluding carboxylic acids is 1. The van der Waals surface area contributed by atoms with Crippen LogP contribution in [0.2, 0.25) is 5.02 Å². The van der Waals surface area contributed by atoms with E-state index in [9.17, 15) is 9.59 Å². The van der Waals surface area contributed by atoms with Crippen LogP contribution in [0.3, 0.4) is 0 Å². The highest BCUT2D eigenvalue weighted by molar-refractivity contribution is 6.30. The minimum Gasteiger partial charge on any atom is -0.483 e. The van der Waals surface area contributed by atoms with Crippen molar-refractivity contribution < 1.29 is 24.2 Å². The van der Waals surface area contributed by atoms with Gasteiger partial charge in [-0.15, -0.1) is 0 Å². The van der Waals surface area contributed by atoms with E-state index in [1.165, 1.54) is 18.2 Å². The molecule has 1 heterocycles. The number of carboxylic acids is 1. The molecule has 2 rings (SSSR count). The number of carbonyl (C=O) groups is 2. The summed E-state index contributed by atoms with van der Waals surface area (Å²) >= 11 is 5.82. The van der Waals surface area contributed by atoms with Crippen molar-refractivity contribution in [3.63, 3.8) is 0 Å². The van der Waals surface area contributed by atoms with Gasteiger partial charge in [0.1, 0.15) is 11.3 Å². The summed E-state index contributed by atoms with van der Waals surface area (Å²) in [5.74, 6) is -1.25. The number of halogens is 1. The minimum absolute atomic E-state index is 0.0107. The zero-order chi connectivity index (χ0) is 15.4. The van der Waals surface area contributed by atoms with Crippen molar-refractivity contribution in [2.45, 2.75) is 13.0 Å². The van der Waals surface area contributed by atoms with Crippen LogP contribution >= 0.6 is 11.6 Å². The van der Waals surface area contributed by atoms with Crippen LogP contribution in [0.5, 0.6) is 5.75 Å². The number of nitrogens with zero attached hydrogens (tertiary/aromatic N) is 1. The molecule has 0 radical (unpaired) electrons. The molecule has 1 N–H and O–H groups in total. The maximum Gasteiger partial charge on any atom is 0.339 e. The molecule has 114 valence electrons. The number of morpholine rings is 1. The molecule has 1 saturated heterocycles. The van der Waals surface area contributed by atoms with Crippen LogP contribution in [0.15, 0.2) is 18.2 Å². The summed E-state index contributed by atoms with van der Waals surface area (Å²) in [7, 11) is 0. The molecule has 6 nitrogen and oxygen atoms in total. The Morgan fingerprint density at radius 2 is 2.29 bits per heavy atom. The zero-order valence-corrected chi connectivity index (χ0v) is 12.3. The van der Waals surface area contributed by atoms with Gasteiger partial charge in [-0.05, 0) is 25.1 Å². The number of benzene rings is 1. The average molecular weight is 314 g/mol. The second kappa shape index (κ2) is 6.78. The van der Waals surface area contributed by atoms with E-state index in [1.807, 2.05) is 6.92 Å². The van der Waals surface area contributed by atoms with E-state index in [4.69, 9.17) is 26.2 Å². The number of rotatable bonds is 4. The van der Waals surface area contributed by atoms with Gasteiger partial charge in [-0.2, -0.15) is 0 Å². The van der Waals surface area contributed by atoms with E-state index < -0.39 is 5.97 Å². The van der Waals surface area contributed by atoms with Crippen molar-refractivity contribution in [3.05, 3.63) is 28.8 Å². The number of aromatic carboxylic acids is 1. The van der Waals surface area contributed by atoms with Gasteiger partial charge in [-0.1, -0.05) is 11.6 Å². The first-order valence-electron chi connectivity index (χ1n) is 6.52. The third-order valence-electron chi connectivity index (χ3n) is 3.12. The first kappa shape index (κ1) is 15.6. The van der Waals surface area contributed by atoms with Crippen LogP contribution in [-0.4, -0.2) is 54.3 Å². The Balaban J connectivity index is 2.00. The highest BCUT2D eigenvalue weighted by Gasteiger charge is 2.22. The zero-order valence-electron chi connectivity index (χ0n) is 11.5. The van der Waals surface area contributed by atoms with Gasteiger partial charge in [-0.25, -0.2) is 4.79 Å². The van der Waals surface area contributed by atoms with Crippen molar-refractivity contribution in [1.82, 2.24) is 4.90 Å². The maximum absolute atomic E-state index is 12.0. The summed E-state index contributed by atoms with van der Waals surface area (Å²) in [6.07, 6.45) is -0.0107. The summed E-state index contributed by atoms with van der Waals surface area (Å²) in [6.45, 7) is 3.16. The van der Waals surface area contributed by atoms with E-state index >= 15 is 0 Å². The number of carboxylic acid groups (broad SMARTS) is 1. The van der Waals surface area contributed by atoms with Crippen molar-refractivity contribution in [2.24, 2.45) is 0 Å². The molecule has 7 heteroatoms. The third-order valence-corrected chi connectivity index (χ3v) is 3.35. The molecular formula is C14H16ClNO5. The summed E-state index contributed by atoms with van der Waals surface area (Å²) in [4.78, 5) is 24.8. The van der Waals surface area contributed by atoms with Crippen LogP contribution in [0.25, 0.3) is 0 Å². The fraction of sp³-hybridized carbons (Fsp3) is 0.429. The fourth-order valence-electron chi connectivity index (χ4n) is 2.07. The van der Waals surface area contributed by atoms with Crippen LogP contribution in [-0.2, 0) is 9.53 Å². The van der Waals surface area contributed by atoms with Gasteiger partial charge in [0.05, 0.1) is 12.7 Å². The first-order valence-corrected chi connectivity index (χ1v) is 6.90. The van der Waals surface area contributed by atoms with Gasteiger partial charge in [-0.3, -0.25) is 4.79 Å². The normalized spacial score (nSPS) is 18.4. The smallest absolute Gasteiger partial charge is 0.339 e. The summed E-state index contributed by atoms with van der Waals surface area (Å²) in [5, 5.41) is 9.42. The standard InChI is InChI=1S/C14H16ClNO5/c1-9-7-16(4-5-20-9)13(17)8-21-12-6-10(15)2-3-11(12)14(18)19/h2-3,6,9H,4-5,7-8H2,1H3,(H,18,19). The molecule has 1 aliphatic rings. The Labute approximate surface area is 127 Å². The first-order chi connectivity index (χ1) is 9.97. The molecule has 0 aromatic heterocycles. The number of hydrogen-bond acceptors (Lipinski definition) is 4. The summed E-state index contributed by atoms with van der Waals surface area (Å²) in [6, 6.07) is 4.20. The highest BCUT2D eigenvalue weighted by Crippen LogP contribution is 2.23. The quantitative estimate of drug-likeness (QED) is 0.915. The molecule has 0 bridgehead atoms. The number of ether oxygens (including phenoxy) is 2. The predicted molar refractivity (Wildman–Crippen MR) is 75.9 cm³/mol. The molecule has 21 heavy (non-hydrogen) atoms. The van der Waals surface area contributed by atoms with Gasteiger partial charge in [0.15, 0.2) is 6.61 Å². The predicted octanol–water partition coefficient (Wildman–Crippen LogP) is 1.66. The Bertz CT molecular complexity index is 548. The third kappa shape index (κ3) is 4.09. The molecule has 1 atom stereocenters. The lowest BCUT2D eigenvalue weighted by atomic mass is 10.2. The minimum atomic E-state index is -1.13. The van der Waals surface area contributed by atoms with Gasteiger partial charge in [0.2, 0.25) is 0 Å². The molecule has 1 aromatic rings. The maximum atomic E-state index is 12.0. The lowest BCUT2D eigenvalue weighted by molar-refractivity contribution is -0.140. The lowest BCUT2D eigenvalue weighted by Crippen LogP contribution is -2.46. The molecule has 1 fully saturated rings. The average Bonchev–Trinajstić information content (AvgIpc) is 2.44. The van der Waals surface area contributed by atoms with E-state index in [0.717, 1.165) is 0 Å². The molecule has 1 aromatic carbocycles. The van der Waals surface area contributed by atoms with E-state index in [1.54, 1.807) is 4.90 Å². The molecule has 1 aliphatic heterocycles. The number of amides is 1.